The van der Waals surface area contributed by atoms with Crippen LogP contribution in [0.4, 0.5) is 0 Å². The Morgan fingerprint density at radius 1 is 0.960 bits per heavy atom. The molecule has 0 spiro atoms. The van der Waals surface area contributed by atoms with Gasteiger partial charge in [-0.3, -0.25) is 4.79 Å². The molecule has 4 nitrogen and oxygen atoms in total. The zero-order valence-corrected chi connectivity index (χ0v) is 13.6. The summed E-state index contributed by atoms with van der Waals surface area (Å²) >= 11 is 0. The van der Waals surface area contributed by atoms with Crippen molar-refractivity contribution < 1.29 is 9.53 Å². The van der Waals surface area contributed by atoms with E-state index in [0.29, 0.717) is 5.75 Å². The first kappa shape index (κ1) is 16.5. The highest BCUT2D eigenvalue weighted by molar-refractivity contribution is 5.84. The van der Waals surface area contributed by atoms with Gasteiger partial charge in [-0.05, 0) is 34.5 Å². The van der Waals surface area contributed by atoms with Crippen LogP contribution in [0.5, 0.6) is 5.75 Å². The van der Waals surface area contributed by atoms with Crippen LogP contribution >= 0.6 is 0 Å². The fourth-order valence-electron chi connectivity index (χ4n) is 2.31. The fraction of sp³-hybridized carbons (Fsp3) is 0.0476. The molecule has 0 fully saturated rings. The Morgan fingerprint density at radius 2 is 1.72 bits per heavy atom. The number of benzene rings is 3. The molecule has 1 amide bonds. The standard InChI is InChI=1S/C21H18N2O2/c24-21(23-22-14-6-9-17-7-2-1-3-8-17)16-25-20-13-12-18-10-4-5-11-19(18)15-20/h1-15H,16H2,(H,23,24)/b9-6+,22-14+. The fourth-order valence-corrected chi connectivity index (χ4v) is 2.31. The molecule has 3 aromatic rings. The molecule has 0 bridgehead atoms. The summed E-state index contributed by atoms with van der Waals surface area (Å²) in [4.78, 5) is 11.7. The quantitative estimate of drug-likeness (QED) is 0.548. The van der Waals surface area contributed by atoms with E-state index in [9.17, 15) is 4.79 Å². The van der Waals surface area contributed by atoms with Gasteiger partial charge in [-0.1, -0.05) is 66.7 Å². The Morgan fingerprint density at radius 3 is 2.56 bits per heavy atom. The molecule has 1 N–H and O–H groups in total. The van der Waals surface area contributed by atoms with E-state index in [-0.39, 0.29) is 12.5 Å². The molecular weight excluding hydrogens is 312 g/mol. The van der Waals surface area contributed by atoms with Gasteiger partial charge >= 0.3 is 0 Å². The molecule has 0 heterocycles. The van der Waals surface area contributed by atoms with Crippen LogP contribution in [0.3, 0.4) is 0 Å². The summed E-state index contributed by atoms with van der Waals surface area (Å²) in [6.07, 6.45) is 5.20. The highest BCUT2D eigenvalue weighted by Crippen LogP contribution is 2.20. The molecule has 0 aliphatic carbocycles. The number of ether oxygens (including phenoxy) is 1. The van der Waals surface area contributed by atoms with Crippen molar-refractivity contribution >= 4 is 29.0 Å². The first-order chi connectivity index (χ1) is 12.3. The second kappa shape index (κ2) is 8.45. The Balaban J connectivity index is 1.45. The van der Waals surface area contributed by atoms with Crippen molar-refractivity contribution in [1.29, 1.82) is 0 Å². The molecule has 124 valence electrons. The van der Waals surface area contributed by atoms with Gasteiger partial charge in [0.1, 0.15) is 5.75 Å². The number of allylic oxidation sites excluding steroid dienone is 1. The van der Waals surface area contributed by atoms with Crippen molar-refractivity contribution in [3.63, 3.8) is 0 Å². The monoisotopic (exact) mass is 330 g/mol. The van der Waals surface area contributed by atoms with E-state index in [0.717, 1.165) is 16.3 Å². The van der Waals surface area contributed by atoms with Crippen molar-refractivity contribution in [1.82, 2.24) is 5.43 Å². The van der Waals surface area contributed by atoms with E-state index in [2.05, 4.69) is 10.5 Å². The highest BCUT2D eigenvalue weighted by Gasteiger charge is 2.02. The zero-order chi connectivity index (χ0) is 17.3. The van der Waals surface area contributed by atoms with Crippen LogP contribution in [-0.2, 0) is 4.79 Å². The van der Waals surface area contributed by atoms with Crippen LogP contribution in [0.15, 0.2) is 84.0 Å². The van der Waals surface area contributed by atoms with Crippen molar-refractivity contribution in [3.05, 3.63) is 84.4 Å². The smallest absolute Gasteiger partial charge is 0.277 e. The summed E-state index contributed by atoms with van der Waals surface area (Å²) in [5.41, 5.74) is 3.50. The highest BCUT2D eigenvalue weighted by atomic mass is 16.5. The van der Waals surface area contributed by atoms with E-state index in [1.54, 1.807) is 6.08 Å². The van der Waals surface area contributed by atoms with Gasteiger partial charge in [-0.2, -0.15) is 5.10 Å². The molecule has 25 heavy (non-hydrogen) atoms. The second-order valence-corrected chi connectivity index (χ2v) is 5.38. The predicted molar refractivity (Wildman–Crippen MR) is 102 cm³/mol. The third-order valence-corrected chi connectivity index (χ3v) is 3.53. The number of hydrogen-bond acceptors (Lipinski definition) is 3. The van der Waals surface area contributed by atoms with Gasteiger partial charge in [-0.15, -0.1) is 0 Å². The summed E-state index contributed by atoms with van der Waals surface area (Å²) in [5.74, 6) is 0.347. The molecule has 0 saturated carbocycles. The summed E-state index contributed by atoms with van der Waals surface area (Å²) in [7, 11) is 0. The number of carbonyl (C=O) groups excluding carboxylic acids is 1. The van der Waals surface area contributed by atoms with Crippen molar-refractivity contribution in [2.24, 2.45) is 5.10 Å². The molecule has 0 saturated heterocycles. The molecule has 0 aliphatic heterocycles. The summed E-state index contributed by atoms with van der Waals surface area (Å²) in [6, 6.07) is 23.6. The zero-order valence-electron chi connectivity index (χ0n) is 13.6. The Hall–Kier alpha value is -3.40. The van der Waals surface area contributed by atoms with Gasteiger partial charge in [0.15, 0.2) is 6.61 Å². The van der Waals surface area contributed by atoms with Gasteiger partial charge < -0.3 is 4.74 Å². The second-order valence-electron chi connectivity index (χ2n) is 5.38. The Kier molecular flexibility index (Phi) is 5.56. The minimum absolute atomic E-state index is 0.0852. The van der Waals surface area contributed by atoms with Crippen LogP contribution in [-0.4, -0.2) is 18.7 Å². The number of rotatable bonds is 6. The van der Waals surface area contributed by atoms with Crippen LogP contribution < -0.4 is 10.2 Å². The van der Waals surface area contributed by atoms with Gasteiger partial charge in [0, 0.05) is 6.21 Å². The van der Waals surface area contributed by atoms with Gasteiger partial charge in [0.25, 0.3) is 5.91 Å². The number of fused-ring (bicyclic) bond motifs is 1. The SMILES string of the molecule is O=C(COc1ccc2ccccc2c1)N/N=C/C=C/c1ccccc1. The molecule has 0 aliphatic rings. The van der Waals surface area contributed by atoms with Gasteiger partial charge in [0.2, 0.25) is 0 Å². The first-order valence-corrected chi connectivity index (χ1v) is 7.96. The van der Waals surface area contributed by atoms with Crippen LogP contribution in [0, 0.1) is 0 Å². The van der Waals surface area contributed by atoms with E-state index < -0.39 is 0 Å². The molecule has 3 aromatic carbocycles. The molecule has 0 radical (unpaired) electrons. The van der Waals surface area contributed by atoms with Gasteiger partial charge in [-0.25, -0.2) is 5.43 Å². The van der Waals surface area contributed by atoms with Crippen molar-refractivity contribution in [2.45, 2.75) is 0 Å². The van der Waals surface area contributed by atoms with E-state index in [1.165, 1.54) is 6.21 Å². The average Bonchev–Trinajstić information content (AvgIpc) is 2.67. The van der Waals surface area contributed by atoms with E-state index >= 15 is 0 Å². The first-order valence-electron chi connectivity index (χ1n) is 7.96. The molecule has 3 rings (SSSR count). The third kappa shape index (κ3) is 5.04. The number of nitrogens with one attached hydrogen (secondary N) is 1. The average molecular weight is 330 g/mol. The van der Waals surface area contributed by atoms with Crippen molar-refractivity contribution in [3.8, 4) is 5.75 Å². The number of hydrogen-bond donors (Lipinski definition) is 1. The number of carbonyl (C=O) groups is 1. The minimum atomic E-state index is -0.308. The van der Waals surface area contributed by atoms with Gasteiger partial charge in [0.05, 0.1) is 0 Å². The number of hydrazone groups is 1. The minimum Gasteiger partial charge on any atom is -0.484 e. The van der Waals surface area contributed by atoms with E-state index in [4.69, 9.17) is 4.74 Å². The molecule has 0 unspecified atom stereocenters. The normalized spacial score (nSPS) is 11.2. The largest absolute Gasteiger partial charge is 0.484 e. The topological polar surface area (TPSA) is 50.7 Å². The lowest BCUT2D eigenvalue weighted by Crippen LogP contribution is -2.24. The maximum atomic E-state index is 11.7. The lowest BCUT2D eigenvalue weighted by molar-refractivity contribution is -0.123. The number of nitrogens with zero attached hydrogens (tertiary/aromatic N) is 1. The number of amides is 1. The summed E-state index contributed by atoms with van der Waals surface area (Å²) in [5, 5.41) is 6.06. The molecule has 0 aromatic heterocycles. The lowest BCUT2D eigenvalue weighted by Gasteiger charge is -2.06. The predicted octanol–water partition coefficient (Wildman–Crippen LogP) is 4.03. The van der Waals surface area contributed by atoms with Crippen LogP contribution in [0.25, 0.3) is 16.8 Å². The maximum absolute atomic E-state index is 11.7. The van der Waals surface area contributed by atoms with Crippen molar-refractivity contribution in [2.75, 3.05) is 6.61 Å². The maximum Gasteiger partial charge on any atom is 0.277 e. The Labute approximate surface area is 146 Å². The van der Waals surface area contributed by atoms with E-state index in [1.807, 2.05) is 78.9 Å². The van der Waals surface area contributed by atoms with Crippen LogP contribution in [0.1, 0.15) is 5.56 Å². The third-order valence-electron chi connectivity index (χ3n) is 3.53. The summed E-state index contributed by atoms with van der Waals surface area (Å²) in [6.45, 7) is -0.0852. The van der Waals surface area contributed by atoms with Crippen LogP contribution in [0.2, 0.25) is 0 Å². The molecule has 4 heteroatoms. The molecular formula is C21H18N2O2. The molecule has 0 atom stereocenters. The lowest BCUT2D eigenvalue weighted by atomic mass is 10.1. The summed E-state index contributed by atoms with van der Waals surface area (Å²) < 4.78 is 5.50. The Bertz CT molecular complexity index is 902.